The topological polar surface area (TPSA) is 43.4 Å². The van der Waals surface area contributed by atoms with Gasteiger partial charge in [-0.15, -0.1) is 0 Å². The van der Waals surface area contributed by atoms with Crippen LogP contribution in [0.1, 0.15) is 46.6 Å². The fraction of sp³-hybridized carbons (Fsp3) is 0.444. The lowest BCUT2D eigenvalue weighted by Gasteiger charge is -2.28. The van der Waals surface area contributed by atoms with Gasteiger partial charge >= 0.3 is 5.97 Å². The second-order valence-electron chi connectivity index (χ2n) is 6.52. The summed E-state index contributed by atoms with van der Waals surface area (Å²) in [5, 5.41) is 0. The first kappa shape index (κ1) is 18.1. The van der Waals surface area contributed by atoms with Gasteiger partial charge in [-0.3, -0.25) is 9.59 Å². The van der Waals surface area contributed by atoms with Crippen LogP contribution in [-0.4, -0.2) is 17.4 Å². The molecule has 0 aliphatic carbocycles. The average Bonchev–Trinajstić information content (AvgIpc) is 2.38. The summed E-state index contributed by atoms with van der Waals surface area (Å²) in [5.74, 6) is -1.19. The van der Waals surface area contributed by atoms with E-state index in [2.05, 4.69) is 0 Å². The van der Waals surface area contributed by atoms with Crippen LogP contribution in [0, 0.1) is 11.2 Å². The third kappa shape index (κ3) is 4.79. The highest BCUT2D eigenvalue weighted by Crippen LogP contribution is 2.28. The van der Waals surface area contributed by atoms with E-state index in [0.717, 1.165) is 0 Å². The van der Waals surface area contributed by atoms with Crippen molar-refractivity contribution in [2.45, 2.75) is 46.6 Å². The fourth-order valence-corrected chi connectivity index (χ4v) is 1.79. The van der Waals surface area contributed by atoms with E-state index in [0.29, 0.717) is 5.56 Å². The Labute approximate surface area is 131 Å². The Bertz CT molecular complexity index is 584. The number of esters is 1. The van der Waals surface area contributed by atoms with E-state index in [9.17, 15) is 14.0 Å². The van der Waals surface area contributed by atoms with Gasteiger partial charge in [0.1, 0.15) is 22.6 Å². The molecule has 1 aromatic carbocycles. The molecule has 1 aromatic rings. The van der Waals surface area contributed by atoms with Crippen LogP contribution in [0.15, 0.2) is 30.3 Å². The highest BCUT2D eigenvalue weighted by Gasteiger charge is 2.40. The maximum absolute atomic E-state index is 13.5. The smallest absolute Gasteiger partial charge is 0.320 e. The number of ether oxygens (including phenoxy) is 1. The maximum Gasteiger partial charge on any atom is 0.320 e. The predicted molar refractivity (Wildman–Crippen MR) is 84.7 cm³/mol. The van der Waals surface area contributed by atoms with E-state index in [-0.39, 0.29) is 18.0 Å². The Kier molecular flexibility index (Phi) is 5.64. The number of rotatable bonds is 5. The van der Waals surface area contributed by atoms with E-state index >= 15 is 0 Å². The molecule has 0 saturated heterocycles. The zero-order valence-corrected chi connectivity index (χ0v) is 13.8. The van der Waals surface area contributed by atoms with E-state index in [1.807, 2.05) is 0 Å². The van der Waals surface area contributed by atoms with Gasteiger partial charge in [-0.05, 0) is 47.1 Å². The molecule has 0 fully saturated rings. The summed E-state index contributed by atoms with van der Waals surface area (Å²) >= 11 is 0. The molecule has 0 aliphatic rings. The molecule has 0 bridgehead atoms. The molecule has 0 spiro atoms. The van der Waals surface area contributed by atoms with Gasteiger partial charge in [0, 0.05) is 5.56 Å². The zero-order valence-electron chi connectivity index (χ0n) is 13.8. The van der Waals surface area contributed by atoms with Crippen molar-refractivity contribution in [1.29, 1.82) is 0 Å². The molecule has 0 N–H and O–H groups in total. The highest BCUT2D eigenvalue weighted by atomic mass is 19.1. The minimum atomic E-state index is -1.27. The Morgan fingerprint density at radius 3 is 2.27 bits per heavy atom. The lowest BCUT2D eigenvalue weighted by Crippen LogP contribution is -2.40. The lowest BCUT2D eigenvalue weighted by molar-refractivity contribution is -0.168. The first-order valence-corrected chi connectivity index (χ1v) is 7.22. The molecule has 0 saturated carbocycles. The van der Waals surface area contributed by atoms with Gasteiger partial charge in [-0.2, -0.15) is 0 Å². The molecule has 0 heterocycles. The summed E-state index contributed by atoms with van der Waals surface area (Å²) in [5.41, 5.74) is -1.52. The Balaban J connectivity index is 2.91. The van der Waals surface area contributed by atoms with Crippen molar-refractivity contribution in [3.05, 3.63) is 41.7 Å². The van der Waals surface area contributed by atoms with Gasteiger partial charge in [0.2, 0.25) is 0 Å². The van der Waals surface area contributed by atoms with Crippen molar-refractivity contribution < 1.29 is 18.7 Å². The van der Waals surface area contributed by atoms with Crippen LogP contribution < -0.4 is 0 Å². The number of hydrogen-bond donors (Lipinski definition) is 0. The number of halogens is 1. The van der Waals surface area contributed by atoms with E-state index in [4.69, 9.17) is 4.74 Å². The SMILES string of the molecule is CC(=O)[C@](C)(C/C=C/c1ccccc1F)C(=O)OC(C)(C)C. The third-order valence-electron chi connectivity index (χ3n) is 3.36. The number of carbonyl (C=O) groups is 2. The largest absolute Gasteiger partial charge is 0.459 e. The number of allylic oxidation sites excluding steroid dienone is 1. The fourth-order valence-electron chi connectivity index (χ4n) is 1.79. The van der Waals surface area contributed by atoms with Crippen LogP contribution in [0.5, 0.6) is 0 Å². The quantitative estimate of drug-likeness (QED) is 0.606. The summed E-state index contributed by atoms with van der Waals surface area (Å²) < 4.78 is 18.9. The van der Waals surface area contributed by atoms with Crippen molar-refractivity contribution >= 4 is 17.8 Å². The second-order valence-corrected chi connectivity index (χ2v) is 6.52. The minimum Gasteiger partial charge on any atom is -0.459 e. The zero-order chi connectivity index (χ0) is 17.0. The summed E-state index contributed by atoms with van der Waals surface area (Å²) in [4.78, 5) is 24.2. The summed E-state index contributed by atoms with van der Waals surface area (Å²) in [6.45, 7) is 8.16. The van der Waals surface area contributed by atoms with Crippen LogP contribution in [0.2, 0.25) is 0 Å². The monoisotopic (exact) mass is 306 g/mol. The Hall–Kier alpha value is -1.97. The molecule has 0 radical (unpaired) electrons. The van der Waals surface area contributed by atoms with Crippen molar-refractivity contribution in [1.82, 2.24) is 0 Å². The molecule has 4 heteroatoms. The van der Waals surface area contributed by atoms with Gasteiger partial charge in [-0.1, -0.05) is 30.4 Å². The third-order valence-corrected chi connectivity index (χ3v) is 3.36. The molecule has 1 atom stereocenters. The lowest BCUT2D eigenvalue weighted by atomic mass is 9.82. The average molecular weight is 306 g/mol. The van der Waals surface area contributed by atoms with Gasteiger partial charge in [-0.25, -0.2) is 4.39 Å². The molecule has 3 nitrogen and oxygen atoms in total. The Morgan fingerprint density at radius 2 is 1.77 bits per heavy atom. The first-order chi connectivity index (χ1) is 10.1. The molecule has 0 aromatic heterocycles. The number of ketones is 1. The standard InChI is InChI=1S/C18H23FO3/c1-13(20)18(5,16(21)22-17(2,3)4)12-8-10-14-9-6-7-11-15(14)19/h6-11H,12H2,1-5H3/b10-8+/t18-/m0/s1. The second kappa shape index (κ2) is 6.86. The molecular formula is C18H23FO3. The van der Waals surface area contributed by atoms with Gasteiger partial charge in [0.15, 0.2) is 0 Å². The van der Waals surface area contributed by atoms with Crippen molar-refractivity contribution in [2.75, 3.05) is 0 Å². The molecular weight excluding hydrogens is 283 g/mol. The maximum atomic E-state index is 13.5. The van der Waals surface area contributed by atoms with Gasteiger partial charge in [0.05, 0.1) is 0 Å². The predicted octanol–water partition coefficient (Wildman–Crippen LogP) is 4.17. The molecule has 0 amide bonds. The van der Waals surface area contributed by atoms with Crippen LogP contribution in [0.4, 0.5) is 4.39 Å². The van der Waals surface area contributed by atoms with E-state index in [1.54, 1.807) is 58.0 Å². The van der Waals surface area contributed by atoms with Crippen molar-refractivity contribution in [3.8, 4) is 0 Å². The summed E-state index contributed by atoms with van der Waals surface area (Å²) in [7, 11) is 0. The molecule has 22 heavy (non-hydrogen) atoms. The normalized spacial score (nSPS) is 14.6. The van der Waals surface area contributed by atoms with Gasteiger partial charge in [0.25, 0.3) is 0 Å². The summed E-state index contributed by atoms with van der Waals surface area (Å²) in [6, 6.07) is 6.32. The molecule has 120 valence electrons. The molecule has 1 rings (SSSR count). The number of benzene rings is 1. The first-order valence-electron chi connectivity index (χ1n) is 7.22. The highest BCUT2D eigenvalue weighted by molar-refractivity contribution is 6.02. The minimum absolute atomic E-state index is 0.158. The number of carbonyl (C=O) groups excluding carboxylic acids is 2. The molecule has 0 unspecified atom stereocenters. The Morgan fingerprint density at radius 1 is 1.18 bits per heavy atom. The van der Waals surface area contributed by atoms with Crippen LogP contribution in [-0.2, 0) is 14.3 Å². The van der Waals surface area contributed by atoms with E-state index < -0.39 is 17.0 Å². The van der Waals surface area contributed by atoms with Crippen molar-refractivity contribution in [3.63, 3.8) is 0 Å². The van der Waals surface area contributed by atoms with E-state index in [1.165, 1.54) is 13.0 Å². The van der Waals surface area contributed by atoms with Crippen LogP contribution in [0.25, 0.3) is 6.08 Å². The molecule has 0 aliphatic heterocycles. The summed E-state index contributed by atoms with van der Waals surface area (Å²) in [6.07, 6.45) is 3.36. The van der Waals surface area contributed by atoms with Crippen LogP contribution >= 0.6 is 0 Å². The van der Waals surface area contributed by atoms with Crippen LogP contribution in [0.3, 0.4) is 0 Å². The van der Waals surface area contributed by atoms with Gasteiger partial charge < -0.3 is 4.74 Å². The number of Topliss-reactive ketones (excluding diaryl/α,β-unsaturated/α-hetero) is 1. The van der Waals surface area contributed by atoms with Crippen molar-refractivity contribution in [2.24, 2.45) is 5.41 Å². The number of hydrogen-bond acceptors (Lipinski definition) is 3.